The van der Waals surface area contributed by atoms with Gasteiger partial charge in [-0.2, -0.15) is 0 Å². The molecular weight excluding hydrogens is 341 g/mol. The SMILES string of the molecule is O=C(c1ccc(F)cc1)N(CCc1ccccc1)[C@@H]1CCS(=O)(=O)C1. The van der Waals surface area contributed by atoms with Crippen molar-refractivity contribution in [1.82, 2.24) is 4.90 Å². The first-order valence-electron chi connectivity index (χ1n) is 8.25. The van der Waals surface area contributed by atoms with Gasteiger partial charge in [-0.05, 0) is 42.7 Å². The maximum Gasteiger partial charge on any atom is 0.254 e. The Morgan fingerprint density at radius 2 is 1.76 bits per heavy atom. The molecule has 2 aromatic rings. The molecular formula is C19H20FNO3S. The molecule has 4 nitrogen and oxygen atoms in total. The highest BCUT2D eigenvalue weighted by Crippen LogP contribution is 2.21. The number of hydrogen-bond acceptors (Lipinski definition) is 3. The number of halogens is 1. The van der Waals surface area contributed by atoms with Crippen molar-refractivity contribution in [2.24, 2.45) is 0 Å². The van der Waals surface area contributed by atoms with Crippen molar-refractivity contribution in [2.45, 2.75) is 18.9 Å². The predicted octanol–water partition coefficient (Wildman–Crippen LogP) is 2.70. The standard InChI is InChI=1S/C19H20FNO3S/c20-17-8-6-16(7-9-17)19(22)21(18-11-13-25(23,24)14-18)12-10-15-4-2-1-3-5-15/h1-9,18H,10-14H2/t18-/m1/s1. The van der Waals surface area contributed by atoms with Gasteiger partial charge in [0.15, 0.2) is 9.84 Å². The van der Waals surface area contributed by atoms with E-state index in [0.29, 0.717) is 24.9 Å². The molecule has 1 fully saturated rings. The summed E-state index contributed by atoms with van der Waals surface area (Å²) in [7, 11) is -3.10. The van der Waals surface area contributed by atoms with Crippen LogP contribution in [0.5, 0.6) is 0 Å². The molecule has 0 unspecified atom stereocenters. The molecule has 0 N–H and O–H groups in total. The Hall–Kier alpha value is -2.21. The minimum absolute atomic E-state index is 0.00523. The van der Waals surface area contributed by atoms with Crippen molar-refractivity contribution in [1.29, 1.82) is 0 Å². The first-order chi connectivity index (χ1) is 11.9. The second-order valence-electron chi connectivity index (χ2n) is 6.30. The molecule has 0 aliphatic carbocycles. The number of nitrogens with zero attached hydrogens (tertiary/aromatic N) is 1. The summed E-state index contributed by atoms with van der Waals surface area (Å²) in [5, 5.41) is 0. The van der Waals surface area contributed by atoms with Gasteiger partial charge in [0, 0.05) is 18.2 Å². The molecule has 1 heterocycles. The second kappa shape index (κ2) is 7.35. The van der Waals surface area contributed by atoms with E-state index in [1.165, 1.54) is 24.3 Å². The zero-order valence-corrected chi connectivity index (χ0v) is 14.6. The van der Waals surface area contributed by atoms with E-state index in [9.17, 15) is 17.6 Å². The van der Waals surface area contributed by atoms with Crippen LogP contribution < -0.4 is 0 Å². The number of amides is 1. The Bertz CT molecular complexity index is 835. The molecule has 0 saturated carbocycles. The summed E-state index contributed by atoms with van der Waals surface area (Å²) in [4.78, 5) is 14.5. The third kappa shape index (κ3) is 4.45. The van der Waals surface area contributed by atoms with Crippen LogP contribution in [0.15, 0.2) is 54.6 Å². The van der Waals surface area contributed by atoms with Crippen LogP contribution in [0.1, 0.15) is 22.3 Å². The van der Waals surface area contributed by atoms with Gasteiger partial charge in [0.2, 0.25) is 0 Å². The summed E-state index contributed by atoms with van der Waals surface area (Å²) in [6.07, 6.45) is 1.09. The van der Waals surface area contributed by atoms with Gasteiger partial charge in [0.05, 0.1) is 11.5 Å². The highest BCUT2D eigenvalue weighted by Gasteiger charge is 2.34. The van der Waals surface area contributed by atoms with E-state index in [1.807, 2.05) is 30.3 Å². The van der Waals surface area contributed by atoms with Gasteiger partial charge in [-0.15, -0.1) is 0 Å². The lowest BCUT2D eigenvalue weighted by Crippen LogP contribution is -2.42. The summed E-state index contributed by atoms with van der Waals surface area (Å²) in [5.74, 6) is -0.556. The van der Waals surface area contributed by atoms with Crippen LogP contribution >= 0.6 is 0 Å². The van der Waals surface area contributed by atoms with Crippen molar-refractivity contribution in [3.05, 3.63) is 71.5 Å². The van der Waals surface area contributed by atoms with E-state index in [-0.39, 0.29) is 23.5 Å². The van der Waals surface area contributed by atoms with Crippen LogP contribution in [0.25, 0.3) is 0 Å². The fourth-order valence-corrected chi connectivity index (χ4v) is 4.85. The lowest BCUT2D eigenvalue weighted by Gasteiger charge is -2.28. The van der Waals surface area contributed by atoms with Gasteiger partial charge in [-0.3, -0.25) is 4.79 Å². The van der Waals surface area contributed by atoms with E-state index in [4.69, 9.17) is 0 Å². The number of carbonyl (C=O) groups is 1. The minimum atomic E-state index is -3.10. The molecule has 0 bridgehead atoms. The van der Waals surface area contributed by atoms with Gasteiger partial charge < -0.3 is 4.90 Å². The zero-order chi connectivity index (χ0) is 17.9. The van der Waals surface area contributed by atoms with Crippen molar-refractivity contribution in [3.8, 4) is 0 Å². The minimum Gasteiger partial charge on any atom is -0.334 e. The smallest absolute Gasteiger partial charge is 0.254 e. The van der Waals surface area contributed by atoms with Crippen molar-refractivity contribution in [2.75, 3.05) is 18.1 Å². The van der Waals surface area contributed by atoms with E-state index in [1.54, 1.807) is 4.90 Å². The third-order valence-corrected chi connectivity index (χ3v) is 6.24. The Balaban J connectivity index is 1.80. The average molecular weight is 361 g/mol. The van der Waals surface area contributed by atoms with Crippen molar-refractivity contribution < 1.29 is 17.6 Å². The molecule has 132 valence electrons. The molecule has 0 aromatic heterocycles. The van der Waals surface area contributed by atoms with Crippen LogP contribution in [0, 0.1) is 5.82 Å². The first kappa shape index (κ1) is 17.6. The second-order valence-corrected chi connectivity index (χ2v) is 8.53. The van der Waals surface area contributed by atoms with Crippen molar-refractivity contribution in [3.63, 3.8) is 0 Å². The van der Waals surface area contributed by atoms with Gasteiger partial charge in [0.25, 0.3) is 5.91 Å². The van der Waals surface area contributed by atoms with Crippen LogP contribution in [0.3, 0.4) is 0 Å². The molecule has 1 aliphatic rings. The van der Waals surface area contributed by atoms with E-state index < -0.39 is 15.7 Å². The summed E-state index contributed by atoms with van der Waals surface area (Å²) in [5.41, 5.74) is 1.46. The Kier molecular flexibility index (Phi) is 5.18. The maximum atomic E-state index is 13.1. The normalized spacial score (nSPS) is 18.8. The Morgan fingerprint density at radius 1 is 1.08 bits per heavy atom. The quantitative estimate of drug-likeness (QED) is 0.823. The van der Waals surface area contributed by atoms with E-state index in [2.05, 4.69) is 0 Å². The Labute approximate surface area is 147 Å². The lowest BCUT2D eigenvalue weighted by atomic mass is 10.1. The van der Waals surface area contributed by atoms with Crippen LogP contribution in [-0.2, 0) is 16.3 Å². The number of rotatable bonds is 5. The summed E-state index contributed by atoms with van der Waals surface area (Å²) >= 11 is 0. The van der Waals surface area contributed by atoms with Gasteiger partial charge >= 0.3 is 0 Å². The zero-order valence-electron chi connectivity index (χ0n) is 13.8. The summed E-state index contributed by atoms with van der Waals surface area (Å²) in [6.45, 7) is 0.431. The van der Waals surface area contributed by atoms with Crippen LogP contribution in [-0.4, -0.2) is 43.3 Å². The van der Waals surface area contributed by atoms with Gasteiger partial charge in [0.1, 0.15) is 5.82 Å². The molecule has 1 aliphatic heterocycles. The fourth-order valence-electron chi connectivity index (χ4n) is 3.12. The highest BCUT2D eigenvalue weighted by molar-refractivity contribution is 7.91. The monoisotopic (exact) mass is 361 g/mol. The molecule has 0 radical (unpaired) electrons. The molecule has 1 amide bonds. The molecule has 6 heteroatoms. The molecule has 25 heavy (non-hydrogen) atoms. The lowest BCUT2D eigenvalue weighted by molar-refractivity contribution is 0.0699. The fraction of sp³-hybridized carbons (Fsp3) is 0.316. The van der Waals surface area contributed by atoms with Crippen LogP contribution in [0.2, 0.25) is 0 Å². The number of sulfone groups is 1. The van der Waals surface area contributed by atoms with Gasteiger partial charge in [-0.25, -0.2) is 12.8 Å². The van der Waals surface area contributed by atoms with Crippen LogP contribution in [0.4, 0.5) is 4.39 Å². The van der Waals surface area contributed by atoms with E-state index in [0.717, 1.165) is 5.56 Å². The molecule has 0 spiro atoms. The number of hydrogen-bond donors (Lipinski definition) is 0. The average Bonchev–Trinajstić information content (AvgIpc) is 2.96. The number of benzene rings is 2. The molecule has 1 saturated heterocycles. The van der Waals surface area contributed by atoms with Crippen molar-refractivity contribution >= 4 is 15.7 Å². The molecule has 3 rings (SSSR count). The molecule has 1 atom stereocenters. The largest absolute Gasteiger partial charge is 0.334 e. The summed E-state index contributed by atoms with van der Waals surface area (Å²) < 4.78 is 36.8. The topological polar surface area (TPSA) is 54.5 Å². The number of carbonyl (C=O) groups excluding carboxylic acids is 1. The maximum absolute atomic E-state index is 13.1. The first-order valence-corrected chi connectivity index (χ1v) is 10.1. The highest BCUT2D eigenvalue weighted by atomic mass is 32.2. The predicted molar refractivity (Wildman–Crippen MR) is 94.6 cm³/mol. The molecule has 2 aromatic carbocycles. The third-order valence-electron chi connectivity index (χ3n) is 4.49. The van der Waals surface area contributed by atoms with E-state index >= 15 is 0 Å². The Morgan fingerprint density at radius 3 is 2.36 bits per heavy atom. The summed E-state index contributed by atoms with van der Waals surface area (Å²) in [6, 6.07) is 14.8. The van der Waals surface area contributed by atoms with Gasteiger partial charge in [-0.1, -0.05) is 30.3 Å².